The van der Waals surface area contributed by atoms with Crippen molar-refractivity contribution in [2.24, 2.45) is 5.10 Å². The van der Waals surface area contributed by atoms with Crippen molar-refractivity contribution in [1.82, 2.24) is 24.8 Å². The molecular formula is C35H40F2N8O3. The van der Waals surface area contributed by atoms with Crippen LogP contribution in [0.5, 0.6) is 11.5 Å². The van der Waals surface area contributed by atoms with Gasteiger partial charge in [-0.1, -0.05) is 26.5 Å². The first-order valence-corrected chi connectivity index (χ1v) is 15.8. The normalized spacial score (nSPS) is 17.2. The summed E-state index contributed by atoms with van der Waals surface area (Å²) in [5.41, 5.74) is 1.77. The first-order valence-electron chi connectivity index (χ1n) is 15.8. The Morgan fingerprint density at radius 1 is 1.21 bits per heavy atom. The number of nitrogens with one attached hydrogen (secondary N) is 1. The second kappa shape index (κ2) is 15.1. The van der Waals surface area contributed by atoms with Crippen molar-refractivity contribution >= 4 is 40.2 Å². The van der Waals surface area contributed by atoms with E-state index in [1.807, 2.05) is 56.0 Å². The van der Waals surface area contributed by atoms with Crippen LogP contribution in [0.15, 0.2) is 84.2 Å². The first kappa shape index (κ1) is 34.0. The summed E-state index contributed by atoms with van der Waals surface area (Å²) in [7, 11) is 3.90. The molecule has 4 heterocycles. The highest BCUT2D eigenvalue weighted by atomic mass is 19.1. The molecule has 2 aromatic carbocycles. The molecule has 1 amide bonds. The van der Waals surface area contributed by atoms with E-state index in [9.17, 15) is 4.79 Å². The van der Waals surface area contributed by atoms with Crippen molar-refractivity contribution in [2.45, 2.75) is 26.8 Å². The minimum Gasteiger partial charge on any atom is -0.488 e. The minimum atomic E-state index is -0.777. The number of piperazine rings is 1. The number of benzene rings is 2. The molecule has 1 atom stereocenters. The van der Waals surface area contributed by atoms with Crippen LogP contribution >= 0.6 is 0 Å². The van der Waals surface area contributed by atoms with Crippen LogP contribution in [0, 0.1) is 11.6 Å². The Balaban J connectivity index is 0.00000221. The summed E-state index contributed by atoms with van der Waals surface area (Å²) < 4.78 is 42.5. The van der Waals surface area contributed by atoms with E-state index in [-0.39, 0.29) is 35.0 Å². The number of anilines is 3. The Labute approximate surface area is 279 Å². The zero-order valence-corrected chi connectivity index (χ0v) is 27.8. The van der Waals surface area contributed by atoms with Gasteiger partial charge in [-0.15, -0.1) is 0 Å². The van der Waals surface area contributed by atoms with Crippen molar-refractivity contribution < 1.29 is 23.0 Å². The summed E-state index contributed by atoms with van der Waals surface area (Å²) in [6, 6.07) is 5.72. The summed E-state index contributed by atoms with van der Waals surface area (Å²) in [4.78, 5) is 27.5. The fourth-order valence-corrected chi connectivity index (χ4v) is 5.52. The fourth-order valence-electron chi connectivity index (χ4n) is 5.52. The van der Waals surface area contributed by atoms with Crippen molar-refractivity contribution in [2.75, 3.05) is 57.1 Å². The van der Waals surface area contributed by atoms with E-state index in [1.165, 1.54) is 11.3 Å². The van der Waals surface area contributed by atoms with Crippen LogP contribution in [0.2, 0.25) is 0 Å². The largest absolute Gasteiger partial charge is 0.488 e. The van der Waals surface area contributed by atoms with Gasteiger partial charge >= 0.3 is 0 Å². The Morgan fingerprint density at radius 2 is 2.02 bits per heavy atom. The molecule has 3 aliphatic heterocycles. The maximum absolute atomic E-state index is 15.4. The maximum atomic E-state index is 15.4. The molecule has 1 saturated heterocycles. The first-order chi connectivity index (χ1) is 23.2. The Hall–Kier alpha value is -5.30. The average Bonchev–Trinajstić information content (AvgIpc) is 3.08. The van der Waals surface area contributed by atoms with Crippen molar-refractivity contribution in [3.63, 3.8) is 0 Å². The molecular weight excluding hydrogens is 618 g/mol. The molecule has 0 bridgehead atoms. The minimum absolute atomic E-state index is 0.0258. The third-order valence-corrected chi connectivity index (χ3v) is 7.72. The molecule has 48 heavy (non-hydrogen) atoms. The van der Waals surface area contributed by atoms with Gasteiger partial charge in [-0.05, 0) is 39.2 Å². The predicted octanol–water partition coefficient (Wildman–Crippen LogP) is 5.82. The zero-order chi connectivity index (χ0) is 34.4. The second-order valence-corrected chi connectivity index (χ2v) is 11.2. The Bertz CT molecular complexity index is 1810. The SMILES string of the molecule is C=C1C=C(Oc2cc(F)c(Nc3ncnc4ccc5c(c34)OCC3CN(C(=O)/C=C/CN(C)C)CCN53)cc2F)C=CN1/N=C\C.CC. The average molecular weight is 659 g/mol. The van der Waals surface area contributed by atoms with Crippen LogP contribution in [-0.2, 0) is 4.79 Å². The van der Waals surface area contributed by atoms with Gasteiger partial charge in [0.1, 0.15) is 24.5 Å². The van der Waals surface area contributed by atoms with Crippen LogP contribution in [0.3, 0.4) is 0 Å². The van der Waals surface area contributed by atoms with Gasteiger partial charge in [-0.25, -0.2) is 23.8 Å². The van der Waals surface area contributed by atoms with Gasteiger partial charge in [0.2, 0.25) is 5.91 Å². The maximum Gasteiger partial charge on any atom is 0.246 e. The van der Waals surface area contributed by atoms with E-state index in [4.69, 9.17) is 9.47 Å². The molecule has 0 radical (unpaired) electrons. The molecule has 1 aromatic heterocycles. The molecule has 6 rings (SSSR count). The molecule has 3 aromatic rings. The standard InChI is InChI=1S/C33H34F2N8O3.C2H6/c1-5-38-43-12-10-23(15-21(43)2)46-29-17-24(34)27(16-25(29)35)39-33-31-26(36-20-37-33)8-9-28-32(31)45-19-22-18-41(13-14-42(22)28)30(44)7-6-11-40(3)4;1-2/h5-10,12,15-17,20,22H,2,11,13-14,18-19H2,1,3-4H3,(H,36,37,39);1-2H3/b7-6+,38-5-;. The smallest absolute Gasteiger partial charge is 0.246 e. The highest BCUT2D eigenvalue weighted by Crippen LogP contribution is 2.43. The van der Waals surface area contributed by atoms with Gasteiger partial charge in [0, 0.05) is 62.9 Å². The molecule has 1 N–H and O–H groups in total. The van der Waals surface area contributed by atoms with E-state index in [0.29, 0.717) is 55.1 Å². The number of fused-ring (bicyclic) bond motifs is 5. The number of halogens is 2. The third kappa shape index (κ3) is 7.31. The lowest BCUT2D eigenvalue weighted by atomic mass is 10.1. The Kier molecular flexibility index (Phi) is 10.7. The van der Waals surface area contributed by atoms with Crippen LogP contribution in [0.25, 0.3) is 10.9 Å². The van der Waals surface area contributed by atoms with Crippen LogP contribution in [0.4, 0.5) is 26.0 Å². The molecule has 1 unspecified atom stereocenters. The lowest BCUT2D eigenvalue weighted by molar-refractivity contribution is -0.127. The molecule has 3 aliphatic rings. The number of nitrogens with zero attached hydrogens (tertiary/aromatic N) is 7. The molecule has 0 spiro atoms. The third-order valence-electron chi connectivity index (χ3n) is 7.72. The van der Waals surface area contributed by atoms with Gasteiger partial charge in [-0.3, -0.25) is 4.79 Å². The van der Waals surface area contributed by atoms with E-state index >= 15 is 8.78 Å². The van der Waals surface area contributed by atoms with Gasteiger partial charge in [0.05, 0.1) is 34.0 Å². The summed E-state index contributed by atoms with van der Waals surface area (Å²) in [5.74, 6) is -0.751. The number of ether oxygens (including phenoxy) is 2. The summed E-state index contributed by atoms with van der Waals surface area (Å²) in [6.07, 6.45) is 11.2. The van der Waals surface area contributed by atoms with E-state index in [1.54, 1.807) is 37.6 Å². The number of rotatable bonds is 8. The monoisotopic (exact) mass is 658 g/mol. The summed E-state index contributed by atoms with van der Waals surface area (Å²) >= 11 is 0. The van der Waals surface area contributed by atoms with Gasteiger partial charge in [-0.2, -0.15) is 5.10 Å². The van der Waals surface area contributed by atoms with Gasteiger partial charge in [0.15, 0.2) is 23.1 Å². The quantitative estimate of drug-likeness (QED) is 0.237. The number of hydrogen-bond donors (Lipinski definition) is 1. The highest BCUT2D eigenvalue weighted by Gasteiger charge is 2.35. The summed E-state index contributed by atoms with van der Waals surface area (Å²) in [5, 5.41) is 9.12. The zero-order valence-electron chi connectivity index (χ0n) is 27.8. The molecule has 0 saturated carbocycles. The lowest BCUT2D eigenvalue weighted by Crippen LogP contribution is -2.58. The number of carbonyl (C=O) groups is 1. The fraction of sp³-hybridized carbons (Fsp3) is 0.314. The number of likely N-dealkylation sites (N-methyl/N-ethyl adjacent to an activating group) is 1. The van der Waals surface area contributed by atoms with Gasteiger partial charge < -0.3 is 29.5 Å². The summed E-state index contributed by atoms with van der Waals surface area (Å²) in [6.45, 7) is 12.4. The number of allylic oxidation sites excluding steroid dienone is 2. The number of carbonyl (C=O) groups excluding carboxylic acids is 1. The van der Waals surface area contributed by atoms with Crippen LogP contribution in [-0.4, -0.2) is 89.8 Å². The van der Waals surface area contributed by atoms with Crippen LogP contribution < -0.4 is 19.7 Å². The number of hydrogen-bond acceptors (Lipinski definition) is 10. The van der Waals surface area contributed by atoms with Crippen LogP contribution in [0.1, 0.15) is 20.8 Å². The van der Waals surface area contributed by atoms with E-state index in [0.717, 1.165) is 17.8 Å². The lowest BCUT2D eigenvalue weighted by Gasteiger charge is -2.45. The number of aromatic nitrogens is 2. The molecule has 0 aliphatic carbocycles. The number of amides is 1. The Morgan fingerprint density at radius 3 is 2.77 bits per heavy atom. The van der Waals surface area contributed by atoms with E-state index in [2.05, 4.69) is 31.9 Å². The topological polar surface area (TPSA) is 98.7 Å². The highest BCUT2D eigenvalue weighted by molar-refractivity contribution is 6.00. The van der Waals surface area contributed by atoms with Crippen molar-refractivity contribution in [3.05, 3.63) is 90.8 Å². The molecule has 252 valence electrons. The molecule has 1 fully saturated rings. The number of hydrazone groups is 1. The predicted molar refractivity (Wildman–Crippen MR) is 184 cm³/mol. The van der Waals surface area contributed by atoms with Crippen molar-refractivity contribution in [1.29, 1.82) is 0 Å². The van der Waals surface area contributed by atoms with E-state index < -0.39 is 11.6 Å². The molecule has 11 nitrogen and oxygen atoms in total. The van der Waals surface area contributed by atoms with Gasteiger partial charge in [0.25, 0.3) is 0 Å². The second-order valence-electron chi connectivity index (χ2n) is 11.2. The molecule has 13 heteroatoms. The van der Waals surface area contributed by atoms with Crippen molar-refractivity contribution in [3.8, 4) is 11.5 Å².